The first-order valence-electron chi connectivity index (χ1n) is 6.22. The van der Waals surface area contributed by atoms with Gasteiger partial charge < -0.3 is 5.11 Å². The van der Waals surface area contributed by atoms with Gasteiger partial charge in [-0.1, -0.05) is 66.7 Å². The lowest BCUT2D eigenvalue weighted by Gasteiger charge is -2.07. The van der Waals surface area contributed by atoms with Crippen LogP contribution in [-0.4, -0.2) is 5.11 Å². The van der Waals surface area contributed by atoms with Crippen molar-refractivity contribution in [2.75, 3.05) is 0 Å². The predicted molar refractivity (Wildman–Crippen MR) is 76.2 cm³/mol. The fraction of sp³-hybridized carbons (Fsp3) is 0.176. The van der Waals surface area contributed by atoms with E-state index in [2.05, 4.69) is 25.1 Å². The Kier molecular flexibility index (Phi) is 4.32. The summed E-state index contributed by atoms with van der Waals surface area (Å²) in [5, 5.41) is 10.0. The van der Waals surface area contributed by atoms with Crippen LogP contribution in [0.4, 0.5) is 0 Å². The molecule has 0 spiro atoms. The second kappa shape index (κ2) is 6.18. The lowest BCUT2D eigenvalue weighted by molar-refractivity contribution is 0.182. The minimum atomic E-state index is -0.425. The number of aliphatic hydroxyl groups excluding tert-OH is 1. The van der Waals surface area contributed by atoms with Crippen LogP contribution < -0.4 is 0 Å². The molecular formula is C17H18O. The van der Waals surface area contributed by atoms with Gasteiger partial charge in [0.15, 0.2) is 0 Å². The van der Waals surface area contributed by atoms with Crippen LogP contribution in [0, 0.1) is 6.92 Å². The molecule has 0 saturated carbocycles. The van der Waals surface area contributed by atoms with Crippen LogP contribution >= 0.6 is 0 Å². The number of benzene rings is 2. The first-order valence-corrected chi connectivity index (χ1v) is 6.22. The lowest BCUT2D eigenvalue weighted by Crippen LogP contribution is -1.94. The Morgan fingerprint density at radius 2 is 1.67 bits per heavy atom. The van der Waals surface area contributed by atoms with E-state index in [4.69, 9.17) is 0 Å². The summed E-state index contributed by atoms with van der Waals surface area (Å²) in [6.45, 7) is 2.09. The molecule has 0 aromatic heterocycles. The van der Waals surface area contributed by atoms with E-state index in [1.807, 2.05) is 48.5 Å². The Bertz CT molecular complexity index is 514. The normalized spacial score (nSPS) is 12.8. The number of hydrogen-bond acceptors (Lipinski definition) is 1. The first-order chi connectivity index (χ1) is 8.77. The molecule has 0 aliphatic rings. The number of aryl methyl sites for hydroxylation is 1. The number of hydrogen-bond donors (Lipinski definition) is 1. The summed E-state index contributed by atoms with van der Waals surface area (Å²) in [6.07, 6.45) is 4.31. The van der Waals surface area contributed by atoms with Gasteiger partial charge in [-0.3, -0.25) is 0 Å². The van der Waals surface area contributed by atoms with Gasteiger partial charge in [0.05, 0.1) is 6.10 Å². The molecule has 92 valence electrons. The summed E-state index contributed by atoms with van der Waals surface area (Å²) < 4.78 is 0. The minimum Gasteiger partial charge on any atom is -0.388 e. The molecule has 1 heteroatoms. The highest BCUT2D eigenvalue weighted by molar-refractivity contribution is 5.53. The highest BCUT2D eigenvalue weighted by atomic mass is 16.3. The standard InChI is InChI=1S/C17H18O/c1-14-8-5-6-9-15(14)12-7-13-17(18)16-10-3-2-4-11-16/h2-12,17-18H,13H2,1H3/b12-7+. The summed E-state index contributed by atoms with van der Waals surface area (Å²) in [5.74, 6) is 0. The van der Waals surface area contributed by atoms with Gasteiger partial charge in [0.1, 0.15) is 0 Å². The summed E-state index contributed by atoms with van der Waals surface area (Å²) >= 11 is 0. The molecule has 0 bridgehead atoms. The van der Waals surface area contributed by atoms with Crippen molar-refractivity contribution in [1.82, 2.24) is 0 Å². The van der Waals surface area contributed by atoms with Crippen LogP contribution in [0.25, 0.3) is 6.08 Å². The molecule has 2 rings (SSSR count). The van der Waals surface area contributed by atoms with Crippen molar-refractivity contribution in [1.29, 1.82) is 0 Å². The molecule has 0 saturated heterocycles. The van der Waals surface area contributed by atoms with Crippen molar-refractivity contribution in [2.24, 2.45) is 0 Å². The van der Waals surface area contributed by atoms with Gasteiger partial charge in [-0.05, 0) is 30.0 Å². The van der Waals surface area contributed by atoms with E-state index >= 15 is 0 Å². The third-order valence-corrected chi connectivity index (χ3v) is 3.03. The Morgan fingerprint density at radius 1 is 1.00 bits per heavy atom. The Morgan fingerprint density at radius 3 is 2.39 bits per heavy atom. The third-order valence-electron chi connectivity index (χ3n) is 3.03. The molecular weight excluding hydrogens is 220 g/mol. The topological polar surface area (TPSA) is 20.2 Å². The SMILES string of the molecule is Cc1ccccc1/C=C/CC(O)c1ccccc1. The average Bonchev–Trinajstić information content (AvgIpc) is 2.42. The van der Waals surface area contributed by atoms with Gasteiger partial charge in [0.25, 0.3) is 0 Å². The maximum absolute atomic E-state index is 10.0. The van der Waals surface area contributed by atoms with E-state index in [1.165, 1.54) is 11.1 Å². The quantitative estimate of drug-likeness (QED) is 0.849. The van der Waals surface area contributed by atoms with Gasteiger partial charge >= 0.3 is 0 Å². The molecule has 1 nitrogen and oxygen atoms in total. The number of aliphatic hydroxyl groups is 1. The summed E-state index contributed by atoms with van der Waals surface area (Å²) in [7, 11) is 0. The minimum absolute atomic E-state index is 0.425. The molecule has 1 unspecified atom stereocenters. The summed E-state index contributed by atoms with van der Waals surface area (Å²) in [4.78, 5) is 0. The van der Waals surface area contributed by atoms with Crippen LogP contribution in [0.15, 0.2) is 60.7 Å². The monoisotopic (exact) mass is 238 g/mol. The molecule has 1 atom stereocenters. The largest absolute Gasteiger partial charge is 0.388 e. The van der Waals surface area contributed by atoms with E-state index in [0.717, 1.165) is 5.56 Å². The summed E-state index contributed by atoms with van der Waals surface area (Å²) in [5.41, 5.74) is 3.42. The van der Waals surface area contributed by atoms with Crippen molar-refractivity contribution in [3.63, 3.8) is 0 Å². The average molecular weight is 238 g/mol. The molecule has 0 amide bonds. The van der Waals surface area contributed by atoms with E-state index in [1.54, 1.807) is 0 Å². The highest BCUT2D eigenvalue weighted by Gasteiger charge is 2.03. The third kappa shape index (κ3) is 3.31. The van der Waals surface area contributed by atoms with Crippen molar-refractivity contribution in [3.8, 4) is 0 Å². The van der Waals surface area contributed by atoms with Crippen LogP contribution in [0.3, 0.4) is 0 Å². The zero-order valence-electron chi connectivity index (χ0n) is 10.6. The van der Waals surface area contributed by atoms with Crippen LogP contribution in [0.5, 0.6) is 0 Å². The Balaban J connectivity index is 1.98. The first kappa shape index (κ1) is 12.6. The van der Waals surface area contributed by atoms with E-state index in [-0.39, 0.29) is 0 Å². The van der Waals surface area contributed by atoms with Crippen molar-refractivity contribution < 1.29 is 5.11 Å². The Labute approximate surface area is 108 Å². The fourth-order valence-electron chi connectivity index (χ4n) is 1.91. The molecule has 0 radical (unpaired) electrons. The van der Waals surface area contributed by atoms with Gasteiger partial charge in [-0.15, -0.1) is 0 Å². The Hall–Kier alpha value is -1.86. The number of rotatable bonds is 4. The molecule has 2 aromatic carbocycles. The van der Waals surface area contributed by atoms with Gasteiger partial charge in [0.2, 0.25) is 0 Å². The molecule has 0 aliphatic carbocycles. The van der Waals surface area contributed by atoms with Gasteiger partial charge in [-0.25, -0.2) is 0 Å². The second-order valence-electron chi connectivity index (χ2n) is 4.42. The van der Waals surface area contributed by atoms with E-state index in [9.17, 15) is 5.11 Å². The maximum atomic E-state index is 10.0. The fourth-order valence-corrected chi connectivity index (χ4v) is 1.91. The van der Waals surface area contributed by atoms with Gasteiger partial charge in [-0.2, -0.15) is 0 Å². The van der Waals surface area contributed by atoms with E-state index in [0.29, 0.717) is 6.42 Å². The molecule has 2 aromatic rings. The molecule has 0 fully saturated rings. The zero-order valence-corrected chi connectivity index (χ0v) is 10.6. The zero-order chi connectivity index (χ0) is 12.8. The molecule has 1 N–H and O–H groups in total. The summed E-state index contributed by atoms with van der Waals surface area (Å²) in [6, 6.07) is 18.0. The van der Waals surface area contributed by atoms with Crippen molar-refractivity contribution >= 4 is 6.08 Å². The highest BCUT2D eigenvalue weighted by Crippen LogP contribution is 2.17. The van der Waals surface area contributed by atoms with Crippen LogP contribution in [0.2, 0.25) is 0 Å². The van der Waals surface area contributed by atoms with E-state index < -0.39 is 6.10 Å². The van der Waals surface area contributed by atoms with Gasteiger partial charge in [0, 0.05) is 0 Å². The van der Waals surface area contributed by atoms with Crippen molar-refractivity contribution in [2.45, 2.75) is 19.4 Å². The second-order valence-corrected chi connectivity index (χ2v) is 4.42. The lowest BCUT2D eigenvalue weighted by atomic mass is 10.0. The van der Waals surface area contributed by atoms with Crippen LogP contribution in [0.1, 0.15) is 29.2 Å². The molecule has 0 heterocycles. The molecule has 18 heavy (non-hydrogen) atoms. The predicted octanol–water partition coefficient (Wildman–Crippen LogP) is 4.13. The van der Waals surface area contributed by atoms with Crippen LogP contribution in [-0.2, 0) is 0 Å². The smallest absolute Gasteiger partial charge is 0.0824 e. The molecule has 0 aliphatic heterocycles. The maximum Gasteiger partial charge on any atom is 0.0824 e. The van der Waals surface area contributed by atoms with Crippen molar-refractivity contribution in [3.05, 3.63) is 77.4 Å².